The Hall–Kier alpha value is -0.570. The summed E-state index contributed by atoms with van der Waals surface area (Å²) in [6.07, 6.45) is 7.36. The summed E-state index contributed by atoms with van der Waals surface area (Å²) in [6, 6.07) is 0.174. The lowest BCUT2D eigenvalue weighted by molar-refractivity contribution is -0.940. The van der Waals surface area contributed by atoms with Gasteiger partial charge in [-0.25, -0.2) is 0 Å². The number of nitrogens with one attached hydrogen (secondary N) is 1. The highest BCUT2D eigenvalue weighted by Crippen LogP contribution is 2.25. The second-order valence-electron chi connectivity index (χ2n) is 5.31. The molecule has 17 heavy (non-hydrogen) atoms. The van der Waals surface area contributed by atoms with E-state index in [1.165, 1.54) is 38.8 Å². The Kier molecular flexibility index (Phi) is 5.96. The molecule has 1 rings (SSSR count). The predicted octanol–water partition coefficient (Wildman–Crippen LogP) is 2.31. The monoisotopic (exact) mass is 241 g/mol. The largest absolute Gasteiger partial charge is 0.354 e. The van der Waals surface area contributed by atoms with Gasteiger partial charge in [0.15, 0.2) is 6.04 Å². The van der Waals surface area contributed by atoms with Crippen molar-refractivity contribution in [2.24, 2.45) is 0 Å². The summed E-state index contributed by atoms with van der Waals surface area (Å²) in [5, 5.41) is 2.87. The second kappa shape index (κ2) is 7.00. The first kappa shape index (κ1) is 14.5. The molecule has 0 aliphatic carbocycles. The van der Waals surface area contributed by atoms with Crippen LogP contribution in [0.3, 0.4) is 0 Å². The van der Waals surface area contributed by atoms with E-state index in [-0.39, 0.29) is 11.9 Å². The molecule has 1 unspecified atom stereocenters. The molecule has 1 fully saturated rings. The zero-order chi connectivity index (χ0) is 12.7. The van der Waals surface area contributed by atoms with Crippen LogP contribution in [0.25, 0.3) is 0 Å². The minimum Gasteiger partial charge on any atom is -0.354 e. The molecule has 1 amide bonds. The third-order valence-corrected chi connectivity index (χ3v) is 4.36. The van der Waals surface area contributed by atoms with Crippen LogP contribution in [0.2, 0.25) is 0 Å². The van der Waals surface area contributed by atoms with E-state index in [0.29, 0.717) is 0 Å². The SMILES string of the molecule is CCCC(C(=O)NC)[N+]1(CC)CCCCCC1. The number of hydrogen-bond acceptors (Lipinski definition) is 1. The Morgan fingerprint density at radius 1 is 1.18 bits per heavy atom. The Morgan fingerprint density at radius 3 is 2.18 bits per heavy atom. The zero-order valence-electron chi connectivity index (χ0n) is 11.8. The lowest BCUT2D eigenvalue weighted by Gasteiger charge is -2.42. The normalized spacial score (nSPS) is 21.6. The highest BCUT2D eigenvalue weighted by Gasteiger charge is 2.39. The van der Waals surface area contributed by atoms with Gasteiger partial charge >= 0.3 is 0 Å². The van der Waals surface area contributed by atoms with Gasteiger partial charge in [-0.15, -0.1) is 0 Å². The van der Waals surface area contributed by atoms with E-state index in [9.17, 15) is 4.79 Å². The van der Waals surface area contributed by atoms with Gasteiger partial charge in [0.05, 0.1) is 19.6 Å². The average Bonchev–Trinajstić information content (AvgIpc) is 2.61. The standard InChI is InChI=1S/C14H28N2O/c1-4-10-13(14(17)15-3)16(5-2)11-8-6-7-9-12-16/h13H,4-12H2,1-3H3/p+1. The second-order valence-corrected chi connectivity index (χ2v) is 5.31. The Balaban J connectivity index is 2.87. The molecule has 1 aliphatic rings. The molecule has 0 bridgehead atoms. The third-order valence-electron chi connectivity index (χ3n) is 4.36. The molecule has 1 heterocycles. The summed E-state index contributed by atoms with van der Waals surface area (Å²) >= 11 is 0. The van der Waals surface area contributed by atoms with Crippen molar-refractivity contribution in [2.75, 3.05) is 26.7 Å². The molecule has 0 saturated carbocycles. The summed E-state index contributed by atoms with van der Waals surface area (Å²) in [6.45, 7) is 7.90. The van der Waals surface area contributed by atoms with Crippen molar-refractivity contribution >= 4 is 5.91 Å². The molecule has 0 aromatic carbocycles. The van der Waals surface area contributed by atoms with Crippen LogP contribution in [0.4, 0.5) is 0 Å². The lowest BCUT2D eigenvalue weighted by atomic mass is 10.0. The maximum Gasteiger partial charge on any atom is 0.278 e. The molecule has 1 N–H and O–H groups in total. The summed E-state index contributed by atoms with van der Waals surface area (Å²) < 4.78 is 1.02. The highest BCUT2D eigenvalue weighted by molar-refractivity contribution is 5.80. The van der Waals surface area contributed by atoms with Crippen LogP contribution in [0.15, 0.2) is 0 Å². The quantitative estimate of drug-likeness (QED) is 0.735. The van der Waals surface area contributed by atoms with Crippen LogP contribution in [0.1, 0.15) is 52.4 Å². The van der Waals surface area contributed by atoms with E-state index in [0.717, 1.165) is 23.9 Å². The fraction of sp³-hybridized carbons (Fsp3) is 0.929. The van der Waals surface area contributed by atoms with Gasteiger partial charge in [0.25, 0.3) is 5.91 Å². The van der Waals surface area contributed by atoms with Crippen LogP contribution in [0, 0.1) is 0 Å². The fourth-order valence-electron chi connectivity index (χ4n) is 3.26. The van der Waals surface area contributed by atoms with Crippen molar-refractivity contribution in [1.29, 1.82) is 0 Å². The molecule has 0 aromatic heterocycles. The van der Waals surface area contributed by atoms with E-state index in [1.54, 1.807) is 7.05 Å². The van der Waals surface area contributed by atoms with Crippen molar-refractivity contribution in [2.45, 2.75) is 58.4 Å². The summed E-state index contributed by atoms with van der Waals surface area (Å²) in [7, 11) is 1.77. The van der Waals surface area contributed by atoms with Crippen LogP contribution >= 0.6 is 0 Å². The van der Waals surface area contributed by atoms with E-state index in [4.69, 9.17) is 0 Å². The number of rotatable bonds is 5. The minimum absolute atomic E-state index is 0.174. The molecular formula is C14H29N2O+. The first-order valence-corrected chi connectivity index (χ1v) is 7.27. The minimum atomic E-state index is 0.174. The molecule has 1 saturated heterocycles. The average molecular weight is 241 g/mol. The van der Waals surface area contributed by atoms with E-state index >= 15 is 0 Å². The highest BCUT2D eigenvalue weighted by atomic mass is 16.2. The van der Waals surface area contributed by atoms with E-state index in [1.807, 2.05) is 0 Å². The van der Waals surface area contributed by atoms with Gasteiger partial charge < -0.3 is 9.80 Å². The van der Waals surface area contributed by atoms with Crippen molar-refractivity contribution in [1.82, 2.24) is 5.32 Å². The van der Waals surface area contributed by atoms with Gasteiger partial charge in [0.1, 0.15) is 0 Å². The Bertz CT molecular complexity index is 232. The summed E-state index contributed by atoms with van der Waals surface area (Å²) in [4.78, 5) is 12.2. The number of quaternary nitrogens is 1. The molecule has 0 aromatic rings. The van der Waals surface area contributed by atoms with E-state index in [2.05, 4.69) is 19.2 Å². The smallest absolute Gasteiger partial charge is 0.278 e. The van der Waals surface area contributed by atoms with Crippen molar-refractivity contribution in [3.05, 3.63) is 0 Å². The van der Waals surface area contributed by atoms with Gasteiger partial charge in [-0.2, -0.15) is 0 Å². The number of carbonyl (C=O) groups is 1. The number of nitrogens with zero attached hydrogens (tertiary/aromatic N) is 1. The molecule has 3 nitrogen and oxygen atoms in total. The molecule has 100 valence electrons. The van der Waals surface area contributed by atoms with Gasteiger partial charge in [-0.3, -0.25) is 4.79 Å². The van der Waals surface area contributed by atoms with Crippen LogP contribution in [0.5, 0.6) is 0 Å². The van der Waals surface area contributed by atoms with Crippen LogP contribution < -0.4 is 5.32 Å². The Morgan fingerprint density at radius 2 is 1.76 bits per heavy atom. The Labute approximate surface area is 106 Å². The van der Waals surface area contributed by atoms with Gasteiger partial charge in [-0.05, 0) is 39.0 Å². The molecule has 3 heteroatoms. The summed E-state index contributed by atoms with van der Waals surface area (Å²) in [5.41, 5.74) is 0. The first-order valence-electron chi connectivity index (χ1n) is 7.27. The third kappa shape index (κ3) is 3.44. The molecular weight excluding hydrogens is 212 g/mol. The maximum absolute atomic E-state index is 12.2. The van der Waals surface area contributed by atoms with Crippen LogP contribution in [-0.4, -0.2) is 43.1 Å². The molecule has 0 radical (unpaired) electrons. The molecule has 1 atom stereocenters. The lowest BCUT2D eigenvalue weighted by Crippen LogP contribution is -2.61. The van der Waals surface area contributed by atoms with Gasteiger partial charge in [-0.1, -0.05) is 6.92 Å². The van der Waals surface area contributed by atoms with Crippen molar-refractivity contribution in [3.8, 4) is 0 Å². The van der Waals surface area contributed by atoms with Crippen molar-refractivity contribution in [3.63, 3.8) is 0 Å². The van der Waals surface area contributed by atoms with Gasteiger partial charge in [0, 0.05) is 13.5 Å². The topological polar surface area (TPSA) is 29.1 Å². The maximum atomic E-state index is 12.2. The molecule has 1 aliphatic heterocycles. The van der Waals surface area contributed by atoms with Crippen LogP contribution in [-0.2, 0) is 4.79 Å². The van der Waals surface area contributed by atoms with Crippen molar-refractivity contribution < 1.29 is 9.28 Å². The number of hydrogen-bond donors (Lipinski definition) is 1. The predicted molar refractivity (Wildman–Crippen MR) is 71.8 cm³/mol. The number of likely N-dealkylation sites (tertiary alicyclic amines) is 1. The molecule has 0 spiro atoms. The fourth-order valence-corrected chi connectivity index (χ4v) is 3.26. The zero-order valence-corrected chi connectivity index (χ0v) is 11.8. The van der Waals surface area contributed by atoms with Gasteiger partial charge in [0.2, 0.25) is 0 Å². The number of likely N-dealkylation sites (N-methyl/N-ethyl adjacent to an activating group) is 2. The number of carbonyl (C=O) groups excluding carboxylic acids is 1. The van der Waals surface area contributed by atoms with E-state index < -0.39 is 0 Å². The first-order chi connectivity index (χ1) is 8.20. The summed E-state index contributed by atoms with van der Waals surface area (Å²) in [5.74, 6) is 0.246. The number of amides is 1.